The van der Waals surface area contributed by atoms with Crippen molar-refractivity contribution in [2.75, 3.05) is 18.5 Å². The van der Waals surface area contributed by atoms with Crippen LogP contribution >= 0.6 is 11.3 Å². The van der Waals surface area contributed by atoms with Gasteiger partial charge in [0, 0.05) is 18.8 Å². The van der Waals surface area contributed by atoms with Gasteiger partial charge in [-0.1, -0.05) is 6.92 Å². The molecular formula is C13H17N3O2S. The van der Waals surface area contributed by atoms with Gasteiger partial charge < -0.3 is 15.2 Å². The summed E-state index contributed by atoms with van der Waals surface area (Å²) < 4.78 is 5.42. The molecule has 0 aliphatic rings. The molecule has 0 bridgehead atoms. The highest BCUT2D eigenvalue weighted by Crippen LogP contribution is 2.16. The molecular weight excluding hydrogens is 262 g/mol. The van der Waals surface area contributed by atoms with Crippen LogP contribution in [0, 0.1) is 0 Å². The zero-order valence-electron chi connectivity index (χ0n) is 10.7. The minimum Gasteiger partial charge on any atom is -0.478 e. The van der Waals surface area contributed by atoms with Gasteiger partial charge >= 0.3 is 0 Å². The minimum atomic E-state index is -0.560. The first-order chi connectivity index (χ1) is 9.29. The first kappa shape index (κ1) is 13.8. The van der Waals surface area contributed by atoms with E-state index in [0.717, 1.165) is 12.0 Å². The number of hydrogen-bond donors (Lipinski definition) is 2. The molecule has 2 aromatic heterocycles. The molecule has 0 saturated heterocycles. The van der Waals surface area contributed by atoms with Crippen LogP contribution in [0.5, 0.6) is 5.88 Å². The topological polar surface area (TPSA) is 67.3 Å². The summed E-state index contributed by atoms with van der Waals surface area (Å²) in [7, 11) is 0. The van der Waals surface area contributed by atoms with Crippen molar-refractivity contribution >= 4 is 17.3 Å². The SMILES string of the molecule is CCCOc1ccnc(NCC(O)c2ccsc2)n1. The van der Waals surface area contributed by atoms with Crippen molar-refractivity contribution in [3.05, 3.63) is 34.7 Å². The predicted molar refractivity (Wildman–Crippen MR) is 75.6 cm³/mol. The van der Waals surface area contributed by atoms with Crippen molar-refractivity contribution in [3.63, 3.8) is 0 Å². The third kappa shape index (κ3) is 4.18. The Morgan fingerprint density at radius 1 is 1.47 bits per heavy atom. The lowest BCUT2D eigenvalue weighted by Gasteiger charge is -2.11. The summed E-state index contributed by atoms with van der Waals surface area (Å²) in [5.41, 5.74) is 0.899. The third-order valence-electron chi connectivity index (χ3n) is 2.47. The van der Waals surface area contributed by atoms with Gasteiger partial charge in [-0.15, -0.1) is 0 Å². The van der Waals surface area contributed by atoms with Crippen molar-refractivity contribution in [3.8, 4) is 5.88 Å². The molecule has 0 amide bonds. The van der Waals surface area contributed by atoms with E-state index < -0.39 is 6.10 Å². The van der Waals surface area contributed by atoms with Crippen LogP contribution in [-0.4, -0.2) is 28.2 Å². The van der Waals surface area contributed by atoms with E-state index in [1.807, 2.05) is 23.8 Å². The summed E-state index contributed by atoms with van der Waals surface area (Å²) in [6.45, 7) is 3.04. The van der Waals surface area contributed by atoms with E-state index in [2.05, 4.69) is 15.3 Å². The second-order valence-corrected chi connectivity index (χ2v) is 4.80. The van der Waals surface area contributed by atoms with Gasteiger partial charge in [0.15, 0.2) is 0 Å². The smallest absolute Gasteiger partial charge is 0.226 e. The average Bonchev–Trinajstić information content (AvgIpc) is 2.97. The number of thiophene rings is 1. The van der Waals surface area contributed by atoms with Crippen LogP contribution in [0.1, 0.15) is 25.0 Å². The van der Waals surface area contributed by atoms with Crippen molar-refractivity contribution < 1.29 is 9.84 Å². The summed E-state index contributed by atoms with van der Waals surface area (Å²) in [5, 5.41) is 16.8. The molecule has 2 N–H and O–H groups in total. The van der Waals surface area contributed by atoms with Crippen molar-refractivity contribution in [1.82, 2.24) is 9.97 Å². The number of aliphatic hydroxyl groups excluding tert-OH is 1. The van der Waals surface area contributed by atoms with Crippen LogP contribution in [0.4, 0.5) is 5.95 Å². The summed E-state index contributed by atoms with van der Waals surface area (Å²) in [4.78, 5) is 8.30. The van der Waals surface area contributed by atoms with E-state index in [1.165, 1.54) is 0 Å². The van der Waals surface area contributed by atoms with Gasteiger partial charge in [-0.2, -0.15) is 16.3 Å². The second kappa shape index (κ2) is 7.06. The number of rotatable bonds is 7. The van der Waals surface area contributed by atoms with E-state index in [4.69, 9.17) is 4.74 Å². The van der Waals surface area contributed by atoms with Crippen LogP contribution in [0.3, 0.4) is 0 Å². The maximum absolute atomic E-state index is 9.94. The zero-order chi connectivity index (χ0) is 13.5. The molecule has 0 fully saturated rings. The number of anilines is 1. The van der Waals surface area contributed by atoms with Crippen LogP contribution < -0.4 is 10.1 Å². The van der Waals surface area contributed by atoms with E-state index in [-0.39, 0.29) is 0 Å². The summed E-state index contributed by atoms with van der Waals surface area (Å²) in [5.74, 6) is 1.01. The second-order valence-electron chi connectivity index (χ2n) is 4.02. The molecule has 0 aliphatic carbocycles. The molecule has 0 radical (unpaired) electrons. The highest BCUT2D eigenvalue weighted by molar-refractivity contribution is 7.07. The Labute approximate surface area is 116 Å². The Morgan fingerprint density at radius 3 is 3.11 bits per heavy atom. The molecule has 0 spiro atoms. The molecule has 2 aromatic rings. The quantitative estimate of drug-likeness (QED) is 0.815. The van der Waals surface area contributed by atoms with Gasteiger partial charge in [0.05, 0.1) is 12.7 Å². The van der Waals surface area contributed by atoms with Crippen molar-refractivity contribution in [2.45, 2.75) is 19.4 Å². The third-order valence-corrected chi connectivity index (χ3v) is 3.17. The fraction of sp³-hybridized carbons (Fsp3) is 0.385. The maximum atomic E-state index is 9.94. The number of aliphatic hydroxyl groups is 1. The largest absolute Gasteiger partial charge is 0.478 e. The Balaban J connectivity index is 1.88. The maximum Gasteiger partial charge on any atom is 0.226 e. The molecule has 2 rings (SSSR count). The molecule has 6 heteroatoms. The molecule has 0 saturated carbocycles. The molecule has 5 nitrogen and oxygen atoms in total. The average molecular weight is 279 g/mol. The van der Waals surface area contributed by atoms with Crippen LogP contribution in [0.2, 0.25) is 0 Å². The van der Waals surface area contributed by atoms with Gasteiger partial charge in [0.25, 0.3) is 0 Å². The van der Waals surface area contributed by atoms with Crippen LogP contribution in [-0.2, 0) is 0 Å². The minimum absolute atomic E-state index is 0.369. The molecule has 0 aliphatic heterocycles. The first-order valence-electron chi connectivity index (χ1n) is 6.19. The number of nitrogens with zero attached hydrogens (tertiary/aromatic N) is 2. The Kier molecular flexibility index (Phi) is 5.11. The molecule has 102 valence electrons. The number of ether oxygens (including phenoxy) is 1. The van der Waals surface area contributed by atoms with Crippen LogP contribution in [0.15, 0.2) is 29.1 Å². The molecule has 1 atom stereocenters. The summed E-state index contributed by atoms with van der Waals surface area (Å²) >= 11 is 1.56. The lowest BCUT2D eigenvalue weighted by atomic mass is 10.2. The van der Waals surface area contributed by atoms with E-state index in [9.17, 15) is 5.11 Å². The van der Waals surface area contributed by atoms with E-state index in [0.29, 0.717) is 25.0 Å². The fourth-order valence-electron chi connectivity index (χ4n) is 1.48. The molecule has 1 unspecified atom stereocenters. The lowest BCUT2D eigenvalue weighted by Crippen LogP contribution is -2.13. The Hall–Kier alpha value is -1.66. The monoisotopic (exact) mass is 279 g/mol. The van der Waals surface area contributed by atoms with Crippen molar-refractivity contribution in [2.24, 2.45) is 0 Å². The van der Waals surface area contributed by atoms with Gasteiger partial charge in [0.1, 0.15) is 0 Å². The standard InChI is InChI=1S/C13H17N3O2S/c1-2-6-18-12-3-5-14-13(16-12)15-8-11(17)10-4-7-19-9-10/h3-5,7,9,11,17H,2,6,8H2,1H3,(H,14,15,16). The Bertz CT molecular complexity index is 490. The van der Waals surface area contributed by atoms with Gasteiger partial charge in [-0.25, -0.2) is 4.98 Å². The highest BCUT2D eigenvalue weighted by Gasteiger charge is 2.08. The summed E-state index contributed by atoms with van der Waals surface area (Å²) in [6.07, 6.45) is 2.01. The van der Waals surface area contributed by atoms with E-state index in [1.54, 1.807) is 23.6 Å². The van der Waals surface area contributed by atoms with Gasteiger partial charge in [0.2, 0.25) is 11.8 Å². The number of nitrogens with one attached hydrogen (secondary N) is 1. The number of hydrogen-bond acceptors (Lipinski definition) is 6. The fourth-order valence-corrected chi connectivity index (χ4v) is 2.19. The van der Waals surface area contributed by atoms with Gasteiger partial charge in [-0.05, 0) is 28.8 Å². The first-order valence-corrected chi connectivity index (χ1v) is 7.13. The lowest BCUT2D eigenvalue weighted by molar-refractivity contribution is 0.192. The van der Waals surface area contributed by atoms with E-state index >= 15 is 0 Å². The highest BCUT2D eigenvalue weighted by atomic mass is 32.1. The molecule has 19 heavy (non-hydrogen) atoms. The number of aromatic nitrogens is 2. The molecule has 2 heterocycles. The normalized spacial score (nSPS) is 12.1. The predicted octanol–water partition coefficient (Wildman–Crippen LogP) is 2.47. The Morgan fingerprint density at radius 2 is 2.37 bits per heavy atom. The van der Waals surface area contributed by atoms with Crippen LogP contribution in [0.25, 0.3) is 0 Å². The molecule has 0 aromatic carbocycles. The zero-order valence-corrected chi connectivity index (χ0v) is 11.6. The van der Waals surface area contributed by atoms with Gasteiger partial charge in [-0.3, -0.25) is 0 Å². The summed E-state index contributed by atoms with van der Waals surface area (Å²) in [6, 6.07) is 3.62. The van der Waals surface area contributed by atoms with Crippen molar-refractivity contribution in [1.29, 1.82) is 0 Å².